The Morgan fingerprint density at radius 2 is 2.13 bits per heavy atom. The summed E-state index contributed by atoms with van der Waals surface area (Å²) in [5, 5.41) is 20.5. The molecule has 4 nitrogen and oxygen atoms in total. The second-order valence-corrected chi connectivity index (χ2v) is 6.30. The van der Waals surface area contributed by atoms with E-state index in [1.54, 1.807) is 17.8 Å². The number of nitriles is 1. The number of nitrogens with zero attached hydrogens (tertiary/aromatic N) is 2. The SMILES string of the molecule is CC(C)CSc1ccc(-c2cnccc2C(=O)[O-])cc1C#N.[Na+]. The number of pyridine rings is 1. The van der Waals surface area contributed by atoms with Gasteiger partial charge < -0.3 is 9.90 Å². The molecule has 0 amide bonds. The Morgan fingerprint density at radius 3 is 2.74 bits per heavy atom. The van der Waals surface area contributed by atoms with Gasteiger partial charge in [-0.3, -0.25) is 4.98 Å². The van der Waals surface area contributed by atoms with Crippen LogP contribution in [0.15, 0.2) is 41.6 Å². The maximum absolute atomic E-state index is 11.2. The van der Waals surface area contributed by atoms with E-state index in [-0.39, 0.29) is 35.1 Å². The van der Waals surface area contributed by atoms with E-state index in [1.165, 1.54) is 18.5 Å². The minimum absolute atomic E-state index is 0. The van der Waals surface area contributed by atoms with Crippen LogP contribution in [0.25, 0.3) is 11.1 Å². The van der Waals surface area contributed by atoms with E-state index in [1.807, 2.05) is 12.1 Å². The third kappa shape index (κ3) is 5.08. The Kier molecular flexibility index (Phi) is 7.80. The molecular weight excluding hydrogens is 319 g/mol. The molecule has 0 saturated carbocycles. The minimum atomic E-state index is -1.26. The number of hydrogen-bond acceptors (Lipinski definition) is 5. The Balaban J connectivity index is 0.00000264. The van der Waals surface area contributed by atoms with Crippen molar-refractivity contribution in [3.63, 3.8) is 0 Å². The Hall–Kier alpha value is -1.32. The van der Waals surface area contributed by atoms with Gasteiger partial charge in [0.1, 0.15) is 6.07 Å². The van der Waals surface area contributed by atoms with Crippen LogP contribution in [0.4, 0.5) is 0 Å². The first-order valence-corrected chi connectivity index (χ1v) is 7.84. The van der Waals surface area contributed by atoms with Gasteiger partial charge in [-0.2, -0.15) is 5.26 Å². The number of aromatic carboxylic acids is 1. The van der Waals surface area contributed by atoms with E-state index >= 15 is 0 Å². The maximum Gasteiger partial charge on any atom is 1.00 e. The molecule has 0 aliphatic carbocycles. The minimum Gasteiger partial charge on any atom is -0.545 e. The average molecular weight is 334 g/mol. The van der Waals surface area contributed by atoms with Crippen molar-refractivity contribution < 1.29 is 39.5 Å². The summed E-state index contributed by atoms with van der Waals surface area (Å²) in [6.45, 7) is 4.24. The van der Waals surface area contributed by atoms with Gasteiger partial charge in [0.15, 0.2) is 0 Å². The van der Waals surface area contributed by atoms with Crippen LogP contribution in [0.2, 0.25) is 0 Å². The molecule has 112 valence electrons. The van der Waals surface area contributed by atoms with Gasteiger partial charge in [-0.05, 0) is 29.7 Å². The quantitative estimate of drug-likeness (QED) is 0.556. The molecule has 0 aliphatic rings. The summed E-state index contributed by atoms with van der Waals surface area (Å²) in [5.41, 5.74) is 1.72. The molecule has 2 aromatic rings. The van der Waals surface area contributed by atoms with Crippen LogP contribution in [0.1, 0.15) is 29.8 Å². The van der Waals surface area contributed by atoms with Crippen molar-refractivity contribution in [2.75, 3.05) is 5.75 Å². The number of aromatic nitrogens is 1. The molecule has 6 heteroatoms. The molecule has 2 rings (SSSR count). The van der Waals surface area contributed by atoms with Crippen molar-refractivity contribution in [3.05, 3.63) is 47.8 Å². The van der Waals surface area contributed by atoms with E-state index in [0.29, 0.717) is 22.6 Å². The monoisotopic (exact) mass is 334 g/mol. The van der Waals surface area contributed by atoms with Gasteiger partial charge in [0, 0.05) is 34.2 Å². The first-order chi connectivity index (χ1) is 10.5. The van der Waals surface area contributed by atoms with Crippen molar-refractivity contribution >= 4 is 17.7 Å². The second kappa shape index (κ2) is 9.09. The van der Waals surface area contributed by atoms with Crippen LogP contribution in [0.5, 0.6) is 0 Å². The first-order valence-electron chi connectivity index (χ1n) is 6.85. The Bertz CT molecular complexity index is 742. The normalized spacial score (nSPS) is 10.0. The number of carboxylic acid groups (broad SMARTS) is 1. The average Bonchev–Trinajstić information content (AvgIpc) is 2.52. The van der Waals surface area contributed by atoms with Crippen molar-refractivity contribution in [1.82, 2.24) is 4.98 Å². The molecule has 0 N–H and O–H groups in total. The molecule has 0 aliphatic heterocycles. The fourth-order valence-electron chi connectivity index (χ4n) is 1.97. The molecule has 23 heavy (non-hydrogen) atoms. The number of rotatable bonds is 5. The van der Waals surface area contributed by atoms with Crippen molar-refractivity contribution in [2.45, 2.75) is 18.7 Å². The summed E-state index contributed by atoms with van der Waals surface area (Å²) in [5.74, 6) is 0.194. The van der Waals surface area contributed by atoms with Crippen LogP contribution < -0.4 is 34.7 Å². The predicted molar refractivity (Wildman–Crippen MR) is 84.3 cm³/mol. The Labute approximate surface area is 162 Å². The number of benzene rings is 1. The maximum atomic E-state index is 11.2. The zero-order chi connectivity index (χ0) is 16.1. The molecule has 0 unspecified atom stereocenters. The number of thioether (sulfide) groups is 1. The van der Waals surface area contributed by atoms with Gasteiger partial charge >= 0.3 is 29.6 Å². The summed E-state index contributed by atoms with van der Waals surface area (Å²) in [4.78, 5) is 16.0. The van der Waals surface area contributed by atoms with Gasteiger partial charge in [-0.15, -0.1) is 11.8 Å². The van der Waals surface area contributed by atoms with Crippen molar-refractivity contribution in [1.29, 1.82) is 5.26 Å². The fourth-order valence-corrected chi connectivity index (χ4v) is 2.91. The molecule has 0 bridgehead atoms. The first kappa shape index (κ1) is 19.7. The van der Waals surface area contributed by atoms with Crippen molar-refractivity contribution in [2.24, 2.45) is 5.92 Å². The van der Waals surface area contributed by atoms with Crippen LogP contribution in [-0.2, 0) is 0 Å². The van der Waals surface area contributed by atoms with E-state index in [0.717, 1.165) is 10.6 Å². The molecule has 0 spiro atoms. The van der Waals surface area contributed by atoms with E-state index in [4.69, 9.17) is 0 Å². The van der Waals surface area contributed by atoms with E-state index in [9.17, 15) is 15.2 Å². The van der Waals surface area contributed by atoms with Crippen LogP contribution in [-0.4, -0.2) is 16.7 Å². The topological polar surface area (TPSA) is 76.8 Å². The van der Waals surface area contributed by atoms with Gasteiger partial charge in [-0.25, -0.2) is 0 Å². The molecule has 1 aromatic carbocycles. The van der Waals surface area contributed by atoms with Crippen LogP contribution >= 0.6 is 11.8 Å². The summed E-state index contributed by atoms with van der Waals surface area (Å²) in [6, 6.07) is 8.94. The van der Waals surface area contributed by atoms with Gasteiger partial charge in [0.05, 0.1) is 11.5 Å². The van der Waals surface area contributed by atoms with Gasteiger partial charge in [-0.1, -0.05) is 19.9 Å². The summed E-state index contributed by atoms with van der Waals surface area (Å²) >= 11 is 1.63. The second-order valence-electron chi connectivity index (χ2n) is 5.24. The smallest absolute Gasteiger partial charge is 0.545 e. The predicted octanol–water partition coefficient (Wildman–Crippen LogP) is -0.264. The summed E-state index contributed by atoms with van der Waals surface area (Å²) < 4.78 is 0. The largest absolute Gasteiger partial charge is 1.00 e. The number of carbonyl (C=O) groups excluding carboxylic acids is 1. The third-order valence-electron chi connectivity index (χ3n) is 3.02. The summed E-state index contributed by atoms with van der Waals surface area (Å²) in [6.07, 6.45) is 2.88. The fraction of sp³-hybridized carbons (Fsp3) is 0.235. The number of carbonyl (C=O) groups is 1. The van der Waals surface area contributed by atoms with Gasteiger partial charge in [0.2, 0.25) is 0 Å². The van der Waals surface area contributed by atoms with E-state index in [2.05, 4.69) is 24.9 Å². The molecule has 1 heterocycles. The van der Waals surface area contributed by atoms with Crippen LogP contribution in [0.3, 0.4) is 0 Å². The molecular formula is C17H15N2NaO2S. The molecule has 0 atom stereocenters. The summed E-state index contributed by atoms with van der Waals surface area (Å²) in [7, 11) is 0. The Morgan fingerprint density at radius 1 is 1.39 bits per heavy atom. The molecule has 0 saturated heterocycles. The molecule has 0 radical (unpaired) electrons. The zero-order valence-electron chi connectivity index (χ0n) is 13.4. The molecule has 0 fully saturated rings. The standard InChI is InChI=1S/C17H16N2O2S.Na/c1-11(2)10-22-16-4-3-12(7-13(16)8-18)15-9-19-6-5-14(15)17(20)21;/h3-7,9,11H,10H2,1-2H3,(H,20,21);/q;+1/p-1. The number of hydrogen-bond donors (Lipinski definition) is 0. The third-order valence-corrected chi connectivity index (χ3v) is 4.52. The number of carboxylic acids is 1. The van der Waals surface area contributed by atoms with E-state index < -0.39 is 5.97 Å². The van der Waals surface area contributed by atoms with Crippen molar-refractivity contribution in [3.8, 4) is 17.2 Å². The van der Waals surface area contributed by atoms with Gasteiger partial charge in [0.25, 0.3) is 0 Å². The van der Waals surface area contributed by atoms with Crippen LogP contribution in [0, 0.1) is 17.2 Å². The zero-order valence-corrected chi connectivity index (χ0v) is 16.2. The molecule has 1 aromatic heterocycles.